The van der Waals surface area contributed by atoms with Crippen molar-refractivity contribution in [2.45, 2.75) is 51.7 Å². The number of nitrogens with zero attached hydrogens (tertiary/aromatic N) is 5. The zero-order valence-electron chi connectivity index (χ0n) is 15.7. The molecule has 0 bridgehead atoms. The molecule has 27 heavy (non-hydrogen) atoms. The molecule has 0 aliphatic rings. The molecule has 144 valence electrons. The van der Waals surface area contributed by atoms with Crippen molar-refractivity contribution in [2.75, 3.05) is 11.1 Å². The summed E-state index contributed by atoms with van der Waals surface area (Å²) in [5, 5.41) is 23.8. The first-order valence-electron chi connectivity index (χ1n) is 8.79. The molecular formula is C17H22N6OS3. The third-order valence-corrected chi connectivity index (χ3v) is 6.80. The molecule has 0 aromatic carbocycles. The van der Waals surface area contributed by atoms with Crippen LogP contribution in [0.15, 0.2) is 16.6 Å². The maximum atomic E-state index is 12.2. The molecule has 0 radical (unpaired) electrons. The molecule has 10 heteroatoms. The van der Waals surface area contributed by atoms with Crippen LogP contribution in [-0.4, -0.2) is 36.6 Å². The second kappa shape index (κ2) is 8.94. The molecule has 3 aromatic heterocycles. The van der Waals surface area contributed by atoms with Gasteiger partial charge in [-0.25, -0.2) is 0 Å². The van der Waals surface area contributed by atoms with E-state index in [1.807, 2.05) is 6.92 Å². The van der Waals surface area contributed by atoms with Crippen molar-refractivity contribution in [3.05, 3.63) is 21.3 Å². The van der Waals surface area contributed by atoms with Gasteiger partial charge in [-0.05, 0) is 32.8 Å². The first kappa shape index (κ1) is 20.0. The number of hydrogen-bond donors (Lipinski definition) is 1. The second-order valence-corrected chi connectivity index (χ2v) is 9.12. The molecule has 0 saturated carbocycles. The van der Waals surface area contributed by atoms with Gasteiger partial charge in [0.15, 0.2) is 11.0 Å². The van der Waals surface area contributed by atoms with Gasteiger partial charge < -0.3 is 0 Å². The first-order valence-corrected chi connectivity index (χ1v) is 11.5. The second-order valence-electron chi connectivity index (χ2n) is 6.12. The summed E-state index contributed by atoms with van der Waals surface area (Å²) in [4.78, 5) is 13.6. The molecule has 0 aliphatic heterocycles. The van der Waals surface area contributed by atoms with Gasteiger partial charge in [-0.1, -0.05) is 36.9 Å². The van der Waals surface area contributed by atoms with E-state index in [4.69, 9.17) is 0 Å². The van der Waals surface area contributed by atoms with Gasteiger partial charge in [0.2, 0.25) is 11.0 Å². The van der Waals surface area contributed by atoms with Gasteiger partial charge in [0, 0.05) is 21.9 Å². The molecule has 0 atom stereocenters. The Kier molecular flexibility index (Phi) is 6.61. The average Bonchev–Trinajstić information content (AvgIpc) is 3.38. The summed E-state index contributed by atoms with van der Waals surface area (Å²) in [6, 6.07) is 2.36. The van der Waals surface area contributed by atoms with Crippen LogP contribution >= 0.6 is 34.4 Å². The van der Waals surface area contributed by atoms with Crippen LogP contribution in [0.4, 0.5) is 5.13 Å². The van der Waals surface area contributed by atoms with E-state index in [1.54, 1.807) is 11.3 Å². The van der Waals surface area contributed by atoms with Crippen molar-refractivity contribution in [3.8, 4) is 11.4 Å². The monoisotopic (exact) mass is 422 g/mol. The Morgan fingerprint density at radius 3 is 2.67 bits per heavy atom. The third kappa shape index (κ3) is 4.74. The maximum Gasteiger partial charge on any atom is 0.236 e. The highest BCUT2D eigenvalue weighted by molar-refractivity contribution is 7.99. The number of hydrogen-bond acceptors (Lipinski definition) is 8. The Hall–Kier alpha value is -1.78. The molecular weight excluding hydrogens is 400 g/mol. The summed E-state index contributed by atoms with van der Waals surface area (Å²) in [6.07, 6.45) is 1.82. The van der Waals surface area contributed by atoms with Gasteiger partial charge in [0.25, 0.3) is 0 Å². The zero-order chi connectivity index (χ0) is 19.4. The standard InChI is InChI=1S/C17H22N6OS3/c1-5-12-7-11(8-25-12)15-20-22-17(23(15)10(3)4)26-9-13(24)18-16-21-19-14(6-2)27-16/h7-8,10H,5-6,9H2,1-4H3,(H,18,21,24). The summed E-state index contributed by atoms with van der Waals surface area (Å²) >= 11 is 4.52. The Labute approximate surface area is 170 Å². The van der Waals surface area contributed by atoms with Crippen LogP contribution in [0.1, 0.15) is 43.6 Å². The van der Waals surface area contributed by atoms with Gasteiger partial charge in [-0.15, -0.1) is 31.7 Å². The topological polar surface area (TPSA) is 85.6 Å². The Morgan fingerprint density at radius 1 is 1.22 bits per heavy atom. The number of carbonyl (C=O) groups excluding carboxylic acids is 1. The van der Waals surface area contributed by atoms with Gasteiger partial charge in [-0.2, -0.15) is 0 Å². The Balaban J connectivity index is 1.70. The minimum atomic E-state index is -0.123. The smallest absolute Gasteiger partial charge is 0.236 e. The number of thiophene rings is 1. The van der Waals surface area contributed by atoms with Crippen LogP contribution in [0.2, 0.25) is 0 Å². The van der Waals surface area contributed by atoms with Crippen LogP contribution in [0, 0.1) is 0 Å². The van der Waals surface area contributed by atoms with E-state index in [0.717, 1.165) is 34.4 Å². The van der Waals surface area contributed by atoms with E-state index >= 15 is 0 Å². The fourth-order valence-corrected chi connectivity index (χ4v) is 4.83. The highest BCUT2D eigenvalue weighted by atomic mass is 32.2. The molecule has 1 amide bonds. The summed E-state index contributed by atoms with van der Waals surface area (Å²) in [5.74, 6) is 0.971. The van der Waals surface area contributed by atoms with E-state index in [0.29, 0.717) is 5.13 Å². The Bertz CT molecular complexity index is 914. The summed E-state index contributed by atoms with van der Waals surface area (Å²) in [6.45, 7) is 8.34. The maximum absolute atomic E-state index is 12.2. The molecule has 0 spiro atoms. The highest BCUT2D eigenvalue weighted by Crippen LogP contribution is 2.30. The van der Waals surface area contributed by atoms with Crippen molar-refractivity contribution in [2.24, 2.45) is 0 Å². The van der Waals surface area contributed by atoms with E-state index in [-0.39, 0.29) is 17.7 Å². The number of aryl methyl sites for hydroxylation is 2. The summed E-state index contributed by atoms with van der Waals surface area (Å²) < 4.78 is 2.08. The molecule has 3 rings (SSSR count). The molecule has 3 heterocycles. The molecule has 1 N–H and O–H groups in total. The van der Waals surface area contributed by atoms with Crippen molar-refractivity contribution in [1.82, 2.24) is 25.0 Å². The number of nitrogens with one attached hydrogen (secondary N) is 1. The van der Waals surface area contributed by atoms with Gasteiger partial charge in [0.1, 0.15) is 5.01 Å². The lowest BCUT2D eigenvalue weighted by Gasteiger charge is -2.12. The predicted octanol–water partition coefficient (Wildman–Crippen LogP) is 4.29. The van der Waals surface area contributed by atoms with Crippen molar-refractivity contribution in [3.63, 3.8) is 0 Å². The molecule has 0 aliphatic carbocycles. The number of aromatic nitrogens is 5. The number of amides is 1. The molecule has 0 fully saturated rings. The average molecular weight is 423 g/mol. The quantitative estimate of drug-likeness (QED) is 0.545. The van der Waals surface area contributed by atoms with Crippen molar-refractivity contribution in [1.29, 1.82) is 0 Å². The summed E-state index contributed by atoms with van der Waals surface area (Å²) in [5.41, 5.74) is 1.08. The normalized spacial score (nSPS) is 11.3. The minimum absolute atomic E-state index is 0.123. The number of rotatable bonds is 8. The fourth-order valence-electron chi connectivity index (χ4n) is 2.45. The van der Waals surface area contributed by atoms with E-state index < -0.39 is 0 Å². The number of carbonyl (C=O) groups is 1. The molecule has 7 nitrogen and oxygen atoms in total. The summed E-state index contributed by atoms with van der Waals surface area (Å²) in [7, 11) is 0. The van der Waals surface area contributed by atoms with Gasteiger partial charge in [0.05, 0.1) is 5.75 Å². The first-order chi connectivity index (χ1) is 13.0. The zero-order valence-corrected chi connectivity index (χ0v) is 18.2. The van der Waals surface area contributed by atoms with E-state index in [9.17, 15) is 4.79 Å². The Morgan fingerprint density at radius 2 is 2.04 bits per heavy atom. The van der Waals surface area contributed by atoms with Crippen LogP contribution in [0.3, 0.4) is 0 Å². The SMILES string of the molecule is CCc1cc(-c2nnc(SCC(=O)Nc3nnc(CC)s3)n2C(C)C)cs1. The lowest BCUT2D eigenvalue weighted by atomic mass is 10.2. The molecule has 3 aromatic rings. The third-order valence-electron chi connectivity index (χ3n) is 3.79. The number of thioether (sulfide) groups is 1. The van der Waals surface area contributed by atoms with Crippen LogP contribution < -0.4 is 5.32 Å². The van der Waals surface area contributed by atoms with Crippen molar-refractivity contribution >= 4 is 45.5 Å². The van der Waals surface area contributed by atoms with E-state index in [2.05, 4.69) is 62.5 Å². The molecule has 0 saturated heterocycles. The number of anilines is 1. The van der Waals surface area contributed by atoms with Gasteiger partial charge in [-0.3, -0.25) is 14.7 Å². The van der Waals surface area contributed by atoms with Crippen LogP contribution in [0.25, 0.3) is 11.4 Å². The van der Waals surface area contributed by atoms with Crippen LogP contribution in [0.5, 0.6) is 0 Å². The minimum Gasteiger partial charge on any atom is -0.300 e. The lowest BCUT2D eigenvalue weighted by Crippen LogP contribution is -2.15. The predicted molar refractivity (Wildman–Crippen MR) is 112 cm³/mol. The van der Waals surface area contributed by atoms with Crippen LogP contribution in [-0.2, 0) is 17.6 Å². The van der Waals surface area contributed by atoms with Gasteiger partial charge >= 0.3 is 0 Å². The fraction of sp³-hybridized carbons (Fsp3) is 0.471. The molecule has 0 unspecified atom stereocenters. The lowest BCUT2D eigenvalue weighted by molar-refractivity contribution is -0.113. The van der Waals surface area contributed by atoms with E-state index in [1.165, 1.54) is 28.0 Å². The highest BCUT2D eigenvalue weighted by Gasteiger charge is 2.19. The van der Waals surface area contributed by atoms with Crippen molar-refractivity contribution < 1.29 is 4.79 Å². The largest absolute Gasteiger partial charge is 0.300 e.